The lowest BCUT2D eigenvalue weighted by atomic mass is 10.2. The van der Waals surface area contributed by atoms with Crippen LogP contribution in [0.25, 0.3) is 0 Å². The lowest BCUT2D eigenvalue weighted by Crippen LogP contribution is -2.13. The average molecular weight is 392 g/mol. The third kappa shape index (κ3) is 3.15. The summed E-state index contributed by atoms with van der Waals surface area (Å²) < 4.78 is 27.8. The minimum Gasteiger partial charge on any atom is -0.278 e. The monoisotopic (exact) mass is 390 g/mol. The van der Waals surface area contributed by atoms with Gasteiger partial charge in [-0.2, -0.15) is 5.26 Å². The van der Waals surface area contributed by atoms with E-state index in [1.165, 1.54) is 35.6 Å². The number of sulfonamides is 1. The number of halogens is 2. The summed E-state index contributed by atoms with van der Waals surface area (Å²) in [5, 5.41) is 9.08. The molecule has 0 unspecified atom stereocenters. The molecule has 0 amide bonds. The Bertz CT molecular complexity index is 809. The van der Waals surface area contributed by atoms with Gasteiger partial charge in [0.05, 0.1) is 26.1 Å². The summed E-state index contributed by atoms with van der Waals surface area (Å²) in [5.74, 6) is 0. The van der Waals surface area contributed by atoms with Gasteiger partial charge in [-0.1, -0.05) is 11.6 Å². The van der Waals surface area contributed by atoms with Gasteiger partial charge < -0.3 is 0 Å². The minimum atomic E-state index is -3.73. The number of aryl methyl sites for hydroxylation is 1. The summed E-state index contributed by atoms with van der Waals surface area (Å²) in [4.78, 5) is 0.852. The lowest BCUT2D eigenvalue weighted by molar-refractivity contribution is 0.601. The van der Waals surface area contributed by atoms with E-state index in [-0.39, 0.29) is 15.6 Å². The first-order valence-electron chi connectivity index (χ1n) is 5.32. The van der Waals surface area contributed by atoms with Crippen molar-refractivity contribution in [3.8, 4) is 6.07 Å². The number of rotatable bonds is 3. The number of nitriles is 1. The lowest BCUT2D eigenvalue weighted by Gasteiger charge is -2.09. The van der Waals surface area contributed by atoms with Crippen LogP contribution in [0.5, 0.6) is 0 Å². The van der Waals surface area contributed by atoms with Gasteiger partial charge in [0.25, 0.3) is 10.0 Å². The molecule has 2 rings (SSSR count). The highest BCUT2D eigenvalue weighted by atomic mass is 79.9. The van der Waals surface area contributed by atoms with Gasteiger partial charge in [0.1, 0.15) is 4.90 Å². The first-order chi connectivity index (χ1) is 9.33. The van der Waals surface area contributed by atoms with E-state index in [9.17, 15) is 8.42 Å². The molecule has 1 N–H and O–H groups in total. The van der Waals surface area contributed by atoms with E-state index in [2.05, 4.69) is 20.7 Å². The van der Waals surface area contributed by atoms with Crippen molar-refractivity contribution in [2.75, 3.05) is 4.72 Å². The Morgan fingerprint density at radius 2 is 2.10 bits per heavy atom. The zero-order valence-corrected chi connectivity index (χ0v) is 14.1. The van der Waals surface area contributed by atoms with E-state index < -0.39 is 10.0 Å². The fourth-order valence-electron chi connectivity index (χ4n) is 1.57. The van der Waals surface area contributed by atoms with Crippen LogP contribution in [-0.4, -0.2) is 8.42 Å². The molecular weight excluding hydrogens is 384 g/mol. The highest BCUT2D eigenvalue weighted by molar-refractivity contribution is 9.11. The predicted molar refractivity (Wildman–Crippen MR) is 83.7 cm³/mol. The van der Waals surface area contributed by atoms with E-state index >= 15 is 0 Å². The summed E-state index contributed by atoms with van der Waals surface area (Å²) in [7, 11) is -3.73. The normalized spacial score (nSPS) is 11.1. The molecule has 0 bridgehead atoms. The minimum absolute atomic E-state index is 0.187. The van der Waals surface area contributed by atoms with Crippen molar-refractivity contribution < 1.29 is 8.42 Å². The molecular formula is C12H8BrClN2O2S2. The molecule has 0 aliphatic heterocycles. The zero-order chi connectivity index (χ0) is 14.9. The van der Waals surface area contributed by atoms with Gasteiger partial charge in [-0.15, -0.1) is 11.3 Å². The molecule has 0 radical (unpaired) electrons. The van der Waals surface area contributed by atoms with Crippen molar-refractivity contribution in [1.29, 1.82) is 5.26 Å². The van der Waals surface area contributed by atoms with E-state index in [0.29, 0.717) is 10.4 Å². The summed E-state index contributed by atoms with van der Waals surface area (Å²) in [6, 6.07) is 7.87. The Kier molecular flexibility index (Phi) is 4.39. The van der Waals surface area contributed by atoms with Gasteiger partial charge in [0.2, 0.25) is 0 Å². The van der Waals surface area contributed by atoms with Crippen LogP contribution in [0.2, 0.25) is 5.02 Å². The molecule has 1 aromatic carbocycles. The van der Waals surface area contributed by atoms with E-state index in [4.69, 9.17) is 16.9 Å². The molecule has 104 valence electrons. The number of hydrogen-bond acceptors (Lipinski definition) is 4. The zero-order valence-electron chi connectivity index (χ0n) is 10.1. The van der Waals surface area contributed by atoms with Crippen LogP contribution in [0.1, 0.15) is 10.4 Å². The fraction of sp³-hybridized carbons (Fsp3) is 0.0833. The molecule has 4 nitrogen and oxygen atoms in total. The Morgan fingerprint density at radius 3 is 2.65 bits per heavy atom. The quantitative estimate of drug-likeness (QED) is 0.854. The van der Waals surface area contributed by atoms with Crippen LogP contribution in [0, 0.1) is 18.3 Å². The number of thiophene rings is 1. The van der Waals surface area contributed by atoms with Crippen molar-refractivity contribution in [2.45, 2.75) is 11.8 Å². The number of anilines is 1. The summed E-state index contributed by atoms with van der Waals surface area (Å²) >= 11 is 10.5. The summed E-state index contributed by atoms with van der Waals surface area (Å²) in [5.41, 5.74) is 0.516. The maximum atomic E-state index is 12.3. The van der Waals surface area contributed by atoms with Crippen LogP contribution in [0.4, 0.5) is 5.69 Å². The van der Waals surface area contributed by atoms with Crippen molar-refractivity contribution in [1.82, 2.24) is 0 Å². The maximum absolute atomic E-state index is 12.3. The molecule has 0 saturated heterocycles. The van der Waals surface area contributed by atoms with Crippen LogP contribution >= 0.6 is 38.9 Å². The van der Waals surface area contributed by atoms with Crippen molar-refractivity contribution in [3.05, 3.63) is 43.5 Å². The molecule has 0 aliphatic rings. The second kappa shape index (κ2) is 5.74. The Morgan fingerprint density at radius 1 is 1.40 bits per heavy atom. The SMILES string of the molecule is Cc1sc(Br)cc1S(=O)(=O)Nc1cc(C#N)ccc1Cl. The van der Waals surface area contributed by atoms with E-state index in [1.54, 1.807) is 6.92 Å². The van der Waals surface area contributed by atoms with Gasteiger partial charge in [-0.3, -0.25) is 4.72 Å². The van der Waals surface area contributed by atoms with Crippen LogP contribution in [0.15, 0.2) is 32.9 Å². The molecule has 1 heterocycles. The van der Waals surface area contributed by atoms with E-state index in [0.717, 1.165) is 3.79 Å². The molecule has 0 spiro atoms. The van der Waals surface area contributed by atoms with Crippen LogP contribution in [0.3, 0.4) is 0 Å². The Labute approximate surface area is 134 Å². The topological polar surface area (TPSA) is 70.0 Å². The first kappa shape index (κ1) is 15.3. The summed E-state index contributed by atoms with van der Waals surface area (Å²) in [6.45, 7) is 1.72. The largest absolute Gasteiger partial charge is 0.278 e. The van der Waals surface area contributed by atoms with Crippen molar-refractivity contribution in [3.63, 3.8) is 0 Å². The Balaban J connectivity index is 2.44. The fourth-order valence-corrected chi connectivity index (χ4v) is 5.28. The van der Waals surface area contributed by atoms with Gasteiger partial charge in [0, 0.05) is 4.88 Å². The third-order valence-corrected chi connectivity index (χ3v) is 5.98. The standard InChI is InChI=1S/C12H8BrClN2O2S2/c1-7-11(5-12(13)19-7)20(17,18)16-10-4-8(6-15)2-3-9(10)14/h2-5,16H,1H3. The molecule has 8 heteroatoms. The molecule has 20 heavy (non-hydrogen) atoms. The van der Waals surface area contributed by atoms with Crippen molar-refractivity contribution in [2.24, 2.45) is 0 Å². The summed E-state index contributed by atoms with van der Waals surface area (Å²) in [6.07, 6.45) is 0. The first-order valence-corrected chi connectivity index (χ1v) is 8.79. The molecule has 0 saturated carbocycles. The number of benzene rings is 1. The van der Waals surface area contributed by atoms with E-state index in [1.807, 2.05) is 6.07 Å². The molecule has 1 aromatic heterocycles. The van der Waals surface area contributed by atoms with Gasteiger partial charge in [-0.25, -0.2) is 8.42 Å². The highest BCUT2D eigenvalue weighted by Gasteiger charge is 2.20. The molecule has 0 fully saturated rings. The Hall–Kier alpha value is -1.07. The molecule has 2 aromatic rings. The van der Waals surface area contributed by atoms with Gasteiger partial charge in [0.15, 0.2) is 0 Å². The third-order valence-electron chi connectivity index (χ3n) is 2.47. The highest BCUT2D eigenvalue weighted by Crippen LogP contribution is 2.32. The van der Waals surface area contributed by atoms with Crippen molar-refractivity contribution >= 4 is 54.6 Å². The second-order valence-corrected chi connectivity index (χ2v) is 8.58. The predicted octanol–water partition coefficient (Wildman–Crippen LogP) is 4.14. The average Bonchev–Trinajstić information content (AvgIpc) is 2.72. The molecule has 0 aliphatic carbocycles. The smallest absolute Gasteiger partial charge is 0.263 e. The maximum Gasteiger partial charge on any atom is 0.263 e. The number of nitrogens with zero attached hydrogens (tertiary/aromatic N) is 1. The molecule has 0 atom stereocenters. The van der Waals surface area contributed by atoms with Crippen LogP contribution in [-0.2, 0) is 10.0 Å². The van der Waals surface area contributed by atoms with Gasteiger partial charge >= 0.3 is 0 Å². The van der Waals surface area contributed by atoms with Gasteiger partial charge in [-0.05, 0) is 47.1 Å². The second-order valence-electron chi connectivity index (χ2n) is 3.88. The van der Waals surface area contributed by atoms with Crippen LogP contribution < -0.4 is 4.72 Å². The number of hydrogen-bond donors (Lipinski definition) is 1. The number of nitrogens with one attached hydrogen (secondary N) is 1.